The standard InChI is InChI=1S/C7H14N2/c1-8-5-2-6-4-7(3-5)9-6/h5-9H,2-4H2,1H3. The van der Waals surface area contributed by atoms with Crippen molar-refractivity contribution in [3.05, 3.63) is 0 Å². The lowest BCUT2D eigenvalue weighted by atomic mass is 9.80. The summed E-state index contributed by atoms with van der Waals surface area (Å²) < 4.78 is 0. The summed E-state index contributed by atoms with van der Waals surface area (Å²) in [5.41, 5.74) is 0. The van der Waals surface area contributed by atoms with Gasteiger partial charge in [0.15, 0.2) is 0 Å². The third-order valence-electron chi connectivity index (χ3n) is 2.59. The van der Waals surface area contributed by atoms with E-state index in [-0.39, 0.29) is 0 Å². The van der Waals surface area contributed by atoms with E-state index < -0.39 is 0 Å². The first-order valence-electron chi connectivity index (χ1n) is 3.82. The third kappa shape index (κ3) is 0.864. The van der Waals surface area contributed by atoms with Crippen LogP contribution in [0.3, 0.4) is 0 Å². The molecule has 0 amide bonds. The number of fused-ring (bicyclic) bond motifs is 2. The molecule has 0 aromatic rings. The van der Waals surface area contributed by atoms with Crippen molar-refractivity contribution in [1.29, 1.82) is 0 Å². The normalized spacial score (nSPS) is 48.3. The highest BCUT2D eigenvalue weighted by Crippen LogP contribution is 2.27. The van der Waals surface area contributed by atoms with Crippen LogP contribution in [0.5, 0.6) is 0 Å². The van der Waals surface area contributed by atoms with Crippen LogP contribution >= 0.6 is 0 Å². The first-order chi connectivity index (χ1) is 4.38. The van der Waals surface area contributed by atoms with Crippen LogP contribution < -0.4 is 10.6 Å². The molecule has 3 aliphatic rings. The highest BCUT2D eigenvalue weighted by Gasteiger charge is 2.36. The molecule has 9 heavy (non-hydrogen) atoms. The van der Waals surface area contributed by atoms with Crippen molar-refractivity contribution in [3.63, 3.8) is 0 Å². The van der Waals surface area contributed by atoms with Crippen molar-refractivity contribution in [2.45, 2.75) is 37.4 Å². The van der Waals surface area contributed by atoms with Crippen molar-refractivity contribution < 1.29 is 0 Å². The summed E-state index contributed by atoms with van der Waals surface area (Å²) in [4.78, 5) is 0. The van der Waals surface area contributed by atoms with E-state index in [1.165, 1.54) is 19.3 Å². The molecule has 3 rings (SSSR count). The number of hydrogen-bond acceptors (Lipinski definition) is 2. The minimum atomic E-state index is 0.801. The van der Waals surface area contributed by atoms with Crippen molar-refractivity contribution >= 4 is 0 Å². The van der Waals surface area contributed by atoms with Crippen LogP contribution in [-0.2, 0) is 0 Å². The fraction of sp³-hybridized carbons (Fsp3) is 1.00. The van der Waals surface area contributed by atoms with Crippen LogP contribution in [0, 0.1) is 0 Å². The smallest absolute Gasteiger partial charge is 0.00993 e. The highest BCUT2D eigenvalue weighted by atomic mass is 15.1. The molecule has 2 unspecified atom stereocenters. The number of rotatable bonds is 1. The zero-order chi connectivity index (χ0) is 6.27. The minimum absolute atomic E-state index is 0.801. The maximum Gasteiger partial charge on any atom is 0.00993 e. The molecular formula is C7H14N2. The van der Waals surface area contributed by atoms with E-state index >= 15 is 0 Å². The molecule has 2 N–H and O–H groups in total. The molecule has 2 atom stereocenters. The lowest BCUT2D eigenvalue weighted by molar-refractivity contribution is 0.150. The maximum atomic E-state index is 3.50. The van der Waals surface area contributed by atoms with E-state index in [0.717, 1.165) is 18.1 Å². The Morgan fingerprint density at radius 3 is 2.11 bits per heavy atom. The summed E-state index contributed by atoms with van der Waals surface area (Å²) in [6, 6.07) is 2.50. The van der Waals surface area contributed by atoms with E-state index in [2.05, 4.69) is 17.7 Å². The average Bonchev–Trinajstić information content (AvgIpc) is 1.87. The Labute approximate surface area is 56.0 Å². The molecule has 3 fully saturated rings. The highest BCUT2D eigenvalue weighted by molar-refractivity contribution is 4.98. The van der Waals surface area contributed by atoms with E-state index in [0.29, 0.717) is 0 Å². The SMILES string of the molecule is CNC1CC2CC(C1)N2. The molecule has 2 aliphatic heterocycles. The maximum absolute atomic E-state index is 3.50. The van der Waals surface area contributed by atoms with Gasteiger partial charge < -0.3 is 10.6 Å². The first kappa shape index (κ1) is 5.69. The fourth-order valence-corrected chi connectivity index (χ4v) is 2.00. The van der Waals surface area contributed by atoms with Gasteiger partial charge in [-0.05, 0) is 26.3 Å². The molecule has 1 saturated carbocycles. The molecule has 0 aromatic carbocycles. The second kappa shape index (κ2) is 1.96. The molecule has 2 nitrogen and oxygen atoms in total. The van der Waals surface area contributed by atoms with Crippen LogP contribution in [-0.4, -0.2) is 25.2 Å². The Bertz CT molecular complexity index is 97.5. The second-order valence-electron chi connectivity index (χ2n) is 3.25. The van der Waals surface area contributed by atoms with Crippen LogP contribution in [0.25, 0.3) is 0 Å². The topological polar surface area (TPSA) is 24.1 Å². The van der Waals surface area contributed by atoms with Gasteiger partial charge in [-0.2, -0.15) is 0 Å². The van der Waals surface area contributed by atoms with Gasteiger partial charge in [-0.3, -0.25) is 0 Å². The Kier molecular flexibility index (Phi) is 1.24. The van der Waals surface area contributed by atoms with Crippen LogP contribution in [0.1, 0.15) is 19.3 Å². The Hall–Kier alpha value is -0.0800. The Balaban J connectivity index is 1.89. The predicted octanol–water partition coefficient (Wildman–Crippen LogP) is 0.0987. The van der Waals surface area contributed by atoms with Crippen molar-refractivity contribution in [2.24, 2.45) is 0 Å². The van der Waals surface area contributed by atoms with E-state index in [4.69, 9.17) is 0 Å². The summed E-state index contributed by atoms with van der Waals surface area (Å²) in [5.74, 6) is 0. The van der Waals surface area contributed by atoms with Gasteiger partial charge in [0, 0.05) is 18.1 Å². The summed E-state index contributed by atoms with van der Waals surface area (Å²) in [6.07, 6.45) is 4.11. The summed E-state index contributed by atoms with van der Waals surface area (Å²) in [7, 11) is 2.06. The van der Waals surface area contributed by atoms with Gasteiger partial charge in [0.25, 0.3) is 0 Å². The van der Waals surface area contributed by atoms with E-state index in [1.54, 1.807) is 0 Å². The predicted molar refractivity (Wildman–Crippen MR) is 37.4 cm³/mol. The summed E-state index contributed by atoms with van der Waals surface area (Å²) in [6.45, 7) is 0. The van der Waals surface area contributed by atoms with Crippen molar-refractivity contribution in [2.75, 3.05) is 7.05 Å². The van der Waals surface area contributed by atoms with E-state index in [1.807, 2.05) is 0 Å². The van der Waals surface area contributed by atoms with Gasteiger partial charge >= 0.3 is 0 Å². The average molecular weight is 126 g/mol. The number of hydrogen-bond donors (Lipinski definition) is 2. The minimum Gasteiger partial charge on any atom is -0.317 e. The van der Waals surface area contributed by atoms with Crippen molar-refractivity contribution in [3.8, 4) is 0 Å². The monoisotopic (exact) mass is 126 g/mol. The van der Waals surface area contributed by atoms with Crippen molar-refractivity contribution in [1.82, 2.24) is 10.6 Å². The molecular weight excluding hydrogens is 112 g/mol. The molecule has 2 heterocycles. The van der Waals surface area contributed by atoms with Gasteiger partial charge in [-0.1, -0.05) is 0 Å². The molecule has 2 bridgehead atoms. The number of piperidine rings is 1. The van der Waals surface area contributed by atoms with Gasteiger partial charge in [0.05, 0.1) is 0 Å². The molecule has 2 saturated heterocycles. The van der Waals surface area contributed by atoms with Gasteiger partial charge in [0.1, 0.15) is 0 Å². The van der Waals surface area contributed by atoms with Crippen LogP contribution in [0.2, 0.25) is 0 Å². The molecule has 0 aromatic heterocycles. The lowest BCUT2D eigenvalue weighted by Crippen LogP contribution is -2.61. The van der Waals surface area contributed by atoms with Gasteiger partial charge in [-0.15, -0.1) is 0 Å². The zero-order valence-electron chi connectivity index (χ0n) is 5.85. The largest absolute Gasteiger partial charge is 0.317 e. The quantitative estimate of drug-likeness (QED) is 0.520. The number of nitrogens with one attached hydrogen (secondary N) is 2. The molecule has 0 spiro atoms. The van der Waals surface area contributed by atoms with Gasteiger partial charge in [-0.25, -0.2) is 0 Å². The zero-order valence-corrected chi connectivity index (χ0v) is 5.85. The third-order valence-corrected chi connectivity index (χ3v) is 2.59. The molecule has 1 aliphatic carbocycles. The molecule has 0 radical (unpaired) electrons. The van der Waals surface area contributed by atoms with Gasteiger partial charge in [0.2, 0.25) is 0 Å². The Morgan fingerprint density at radius 1 is 1.22 bits per heavy atom. The van der Waals surface area contributed by atoms with Crippen LogP contribution in [0.15, 0.2) is 0 Å². The second-order valence-corrected chi connectivity index (χ2v) is 3.25. The fourth-order valence-electron chi connectivity index (χ4n) is 2.00. The summed E-state index contributed by atoms with van der Waals surface area (Å²) >= 11 is 0. The molecule has 2 heteroatoms. The lowest BCUT2D eigenvalue weighted by Gasteiger charge is -2.46. The molecule has 52 valence electrons. The Morgan fingerprint density at radius 2 is 1.78 bits per heavy atom. The summed E-state index contributed by atoms with van der Waals surface area (Å²) in [5, 5.41) is 6.83. The van der Waals surface area contributed by atoms with Crippen LogP contribution in [0.4, 0.5) is 0 Å². The van der Waals surface area contributed by atoms with E-state index in [9.17, 15) is 0 Å². The first-order valence-corrected chi connectivity index (χ1v) is 3.82.